The van der Waals surface area contributed by atoms with Crippen molar-refractivity contribution in [3.8, 4) is 5.75 Å². The van der Waals surface area contributed by atoms with Gasteiger partial charge in [-0.2, -0.15) is 0 Å². The molecule has 3 nitrogen and oxygen atoms in total. The summed E-state index contributed by atoms with van der Waals surface area (Å²) in [7, 11) is -5.02. The molecule has 0 aliphatic heterocycles. The van der Waals surface area contributed by atoms with E-state index in [1.54, 1.807) is 0 Å². The summed E-state index contributed by atoms with van der Waals surface area (Å²) in [5, 5.41) is 0.866. The molecule has 2 N–H and O–H groups in total. The molecule has 0 aliphatic carbocycles. The summed E-state index contributed by atoms with van der Waals surface area (Å²) in [6, 6.07) is 23.5. The molecule has 0 saturated carbocycles. The fourth-order valence-corrected chi connectivity index (χ4v) is 8.46. The first-order chi connectivity index (χ1) is 21.1. The van der Waals surface area contributed by atoms with Crippen LogP contribution in [0.15, 0.2) is 72.8 Å². The third-order valence-electron chi connectivity index (χ3n) is 8.91. The fourth-order valence-electron chi connectivity index (χ4n) is 6.04. The monoisotopic (exact) mass is 620 g/mol. The van der Waals surface area contributed by atoms with Crippen molar-refractivity contribution in [2.24, 2.45) is 0 Å². The summed E-state index contributed by atoms with van der Waals surface area (Å²) < 4.78 is 6.53. The number of rotatable bonds is 20. The second kappa shape index (κ2) is 17.5. The van der Waals surface area contributed by atoms with Crippen LogP contribution in [0.25, 0.3) is 0 Å². The number of aryl methyl sites for hydroxylation is 2. The maximum atomic E-state index is 12.5. The van der Waals surface area contributed by atoms with E-state index in [1.807, 2.05) is 72.8 Å². The summed E-state index contributed by atoms with van der Waals surface area (Å²) >= 11 is 0. The Bertz CT molecular complexity index is 1160. The van der Waals surface area contributed by atoms with E-state index in [0.29, 0.717) is 16.4 Å². The standard InChI is InChI=1S/C40H61O3P/c1-6-8-10-12-14-16-18-22-34-26-30-36(31-27-34)44(41,42,43-39-25-21-20-24-38(39)40(3,4)5)37-32-28-35(29-33-37)23-19-17-15-13-11-9-7-2/h20-21,24-33,41-42H,6-19,22-23H2,1-5H3. The van der Waals surface area contributed by atoms with Gasteiger partial charge in [0.15, 0.2) is 0 Å². The Balaban J connectivity index is 1.81. The zero-order valence-corrected chi connectivity index (χ0v) is 29.4. The van der Waals surface area contributed by atoms with Crippen molar-refractivity contribution in [2.45, 2.75) is 143 Å². The van der Waals surface area contributed by atoms with E-state index in [4.69, 9.17) is 4.52 Å². The Morgan fingerprint density at radius 2 is 0.909 bits per heavy atom. The van der Waals surface area contributed by atoms with Gasteiger partial charge >= 0.3 is 256 Å². The van der Waals surface area contributed by atoms with E-state index < -0.39 is 7.28 Å². The topological polar surface area (TPSA) is 49.7 Å². The molecule has 3 aromatic rings. The molecule has 0 spiro atoms. The van der Waals surface area contributed by atoms with Crippen LogP contribution in [0.5, 0.6) is 5.75 Å². The minimum atomic E-state index is -5.02. The second-order valence-electron chi connectivity index (χ2n) is 13.9. The third-order valence-corrected chi connectivity index (χ3v) is 11.9. The number of unbranched alkanes of at least 4 members (excludes halogenated alkanes) is 12. The van der Waals surface area contributed by atoms with Gasteiger partial charge in [-0.3, -0.25) is 0 Å². The first-order valence-corrected chi connectivity index (χ1v) is 19.6. The molecule has 0 radical (unpaired) electrons. The molecule has 0 atom stereocenters. The van der Waals surface area contributed by atoms with Gasteiger partial charge in [0.05, 0.1) is 0 Å². The molecular formula is C40H61O3P. The van der Waals surface area contributed by atoms with E-state index in [2.05, 4.69) is 34.6 Å². The first kappa shape index (κ1) is 36.3. The van der Waals surface area contributed by atoms with Gasteiger partial charge in [-0.15, -0.1) is 0 Å². The van der Waals surface area contributed by atoms with Crippen LogP contribution in [0.2, 0.25) is 0 Å². The number of benzene rings is 3. The number of hydrogen-bond donors (Lipinski definition) is 2. The molecule has 0 unspecified atom stereocenters. The Hall–Kier alpha value is -2.19. The Morgan fingerprint density at radius 3 is 1.32 bits per heavy atom. The summed E-state index contributed by atoms with van der Waals surface area (Å²) in [4.78, 5) is 25.1. The Kier molecular flexibility index (Phi) is 14.4. The number of para-hydroxylation sites is 1. The molecule has 0 fully saturated rings. The van der Waals surface area contributed by atoms with E-state index in [-0.39, 0.29) is 5.41 Å². The summed E-state index contributed by atoms with van der Waals surface area (Å²) in [5.41, 5.74) is 3.17. The van der Waals surface area contributed by atoms with Gasteiger partial charge < -0.3 is 0 Å². The molecule has 0 heterocycles. The molecule has 244 valence electrons. The average molecular weight is 621 g/mol. The van der Waals surface area contributed by atoms with Crippen LogP contribution in [-0.4, -0.2) is 9.79 Å². The zero-order chi connectivity index (χ0) is 31.9. The van der Waals surface area contributed by atoms with Crippen LogP contribution in [-0.2, 0) is 18.3 Å². The summed E-state index contributed by atoms with van der Waals surface area (Å²) in [6.45, 7) is 10.9. The van der Waals surface area contributed by atoms with E-state index >= 15 is 0 Å². The third kappa shape index (κ3) is 10.7. The van der Waals surface area contributed by atoms with Crippen LogP contribution in [0.1, 0.15) is 141 Å². The summed E-state index contributed by atoms with van der Waals surface area (Å²) in [6.07, 6.45) is 19.9. The van der Waals surface area contributed by atoms with Gasteiger partial charge in [-0.25, -0.2) is 0 Å². The predicted molar refractivity (Wildman–Crippen MR) is 193 cm³/mol. The zero-order valence-electron chi connectivity index (χ0n) is 28.5. The molecule has 44 heavy (non-hydrogen) atoms. The van der Waals surface area contributed by atoms with Crippen molar-refractivity contribution in [3.63, 3.8) is 0 Å². The molecule has 0 bridgehead atoms. The maximum absolute atomic E-state index is 12.5. The minimum absolute atomic E-state index is 0.221. The molecule has 0 saturated heterocycles. The predicted octanol–water partition coefficient (Wildman–Crippen LogP) is 10.9. The average Bonchev–Trinajstić information content (AvgIpc) is 3.00. The SMILES string of the molecule is CCCCCCCCCc1ccc(P(O)(O)(Oc2ccccc2C(C)(C)C)c2ccc(CCCCCCCCC)cc2)cc1. The molecule has 4 heteroatoms. The van der Waals surface area contributed by atoms with Crippen molar-refractivity contribution in [3.05, 3.63) is 89.5 Å². The Labute approximate surface area is 269 Å². The molecule has 0 aromatic heterocycles. The number of hydrogen-bond acceptors (Lipinski definition) is 3. The first-order valence-electron chi connectivity index (χ1n) is 17.6. The van der Waals surface area contributed by atoms with Gasteiger partial charge in [0, 0.05) is 0 Å². The second-order valence-corrected chi connectivity index (χ2v) is 17.0. The van der Waals surface area contributed by atoms with Gasteiger partial charge in [-0.1, -0.05) is 13.8 Å². The van der Waals surface area contributed by atoms with E-state index in [0.717, 1.165) is 31.2 Å². The van der Waals surface area contributed by atoms with Crippen LogP contribution < -0.4 is 15.1 Å². The molecule has 0 aliphatic rings. The van der Waals surface area contributed by atoms with Crippen LogP contribution in [0.3, 0.4) is 0 Å². The molecular weight excluding hydrogens is 559 g/mol. The van der Waals surface area contributed by atoms with Crippen molar-refractivity contribution in [1.82, 2.24) is 0 Å². The van der Waals surface area contributed by atoms with E-state index in [1.165, 1.54) is 88.2 Å². The normalized spacial score (nSPS) is 13.0. The summed E-state index contributed by atoms with van der Waals surface area (Å²) in [5.74, 6) is 0.516. The van der Waals surface area contributed by atoms with Crippen molar-refractivity contribution in [2.75, 3.05) is 0 Å². The van der Waals surface area contributed by atoms with Crippen molar-refractivity contribution < 1.29 is 14.3 Å². The van der Waals surface area contributed by atoms with Crippen LogP contribution in [0, 0.1) is 0 Å². The van der Waals surface area contributed by atoms with Crippen molar-refractivity contribution >= 4 is 17.9 Å². The molecule has 0 amide bonds. The Morgan fingerprint density at radius 1 is 0.523 bits per heavy atom. The van der Waals surface area contributed by atoms with Gasteiger partial charge in [0.1, 0.15) is 0 Å². The van der Waals surface area contributed by atoms with Crippen LogP contribution >= 0.6 is 7.28 Å². The van der Waals surface area contributed by atoms with Crippen molar-refractivity contribution in [1.29, 1.82) is 0 Å². The van der Waals surface area contributed by atoms with E-state index in [9.17, 15) is 9.79 Å². The molecule has 3 aromatic carbocycles. The van der Waals surface area contributed by atoms with Gasteiger partial charge in [0.25, 0.3) is 0 Å². The van der Waals surface area contributed by atoms with Gasteiger partial charge in [0.2, 0.25) is 0 Å². The molecule has 3 rings (SSSR count). The fraction of sp³-hybridized carbons (Fsp3) is 0.550. The quantitative estimate of drug-likeness (QED) is 0.0976. The van der Waals surface area contributed by atoms with Crippen LogP contribution in [0.4, 0.5) is 0 Å². The van der Waals surface area contributed by atoms with Gasteiger partial charge in [-0.05, 0) is 0 Å².